The van der Waals surface area contributed by atoms with Gasteiger partial charge >= 0.3 is 0 Å². The van der Waals surface area contributed by atoms with E-state index >= 15 is 0 Å². The highest BCUT2D eigenvalue weighted by molar-refractivity contribution is 6.17. The quantitative estimate of drug-likeness (QED) is 0.769. The third kappa shape index (κ3) is 1.96. The fourth-order valence-electron chi connectivity index (χ4n) is 1.34. The number of aromatic amines is 1. The molecular weight excluding hydrogens is 196 g/mol. The maximum Gasteiger partial charge on any atom is 0.107 e. The molecule has 0 spiro atoms. The summed E-state index contributed by atoms with van der Waals surface area (Å²) in [5, 5.41) is 0. The van der Waals surface area contributed by atoms with E-state index in [1.165, 1.54) is 0 Å². The number of alkyl halides is 1. The molecule has 14 heavy (non-hydrogen) atoms. The van der Waals surface area contributed by atoms with E-state index in [9.17, 15) is 0 Å². The summed E-state index contributed by atoms with van der Waals surface area (Å²) in [4.78, 5) is 7.48. The molecule has 0 aliphatic carbocycles. The molecule has 0 atom stereocenters. The van der Waals surface area contributed by atoms with Crippen molar-refractivity contribution < 1.29 is 0 Å². The molecule has 0 unspecified atom stereocenters. The highest BCUT2D eigenvalue weighted by Gasteiger charge is 2.01. The molecule has 3 heteroatoms. The van der Waals surface area contributed by atoms with Gasteiger partial charge in [0.1, 0.15) is 5.82 Å². The summed E-state index contributed by atoms with van der Waals surface area (Å²) in [6.07, 6.45) is 2.63. The number of H-pyrrole nitrogens is 1. The molecule has 0 amide bonds. The van der Waals surface area contributed by atoms with Crippen LogP contribution in [0.3, 0.4) is 0 Å². The molecule has 0 saturated carbocycles. The number of hydrogen-bond acceptors (Lipinski definition) is 1. The van der Waals surface area contributed by atoms with Crippen LogP contribution >= 0.6 is 11.6 Å². The molecule has 2 rings (SSSR count). The van der Waals surface area contributed by atoms with Gasteiger partial charge in [-0.1, -0.05) is 30.3 Å². The van der Waals surface area contributed by atoms with Gasteiger partial charge in [0.15, 0.2) is 0 Å². The molecule has 1 heterocycles. The Hall–Kier alpha value is -1.28. The maximum atomic E-state index is 5.63. The second kappa shape index (κ2) is 4.29. The van der Waals surface area contributed by atoms with Crippen LogP contribution < -0.4 is 0 Å². The lowest BCUT2D eigenvalue weighted by atomic mass is 10.2. The van der Waals surface area contributed by atoms with Crippen LogP contribution in [0.25, 0.3) is 11.3 Å². The Bertz CT molecular complexity index is 395. The van der Waals surface area contributed by atoms with Gasteiger partial charge in [0.2, 0.25) is 0 Å². The van der Waals surface area contributed by atoms with Crippen molar-refractivity contribution in [2.24, 2.45) is 0 Å². The Kier molecular flexibility index (Phi) is 2.84. The van der Waals surface area contributed by atoms with Gasteiger partial charge in [0, 0.05) is 12.3 Å². The minimum absolute atomic E-state index is 0.599. The molecule has 0 radical (unpaired) electrons. The first-order valence-corrected chi connectivity index (χ1v) is 5.09. The highest BCUT2D eigenvalue weighted by Crippen LogP contribution is 2.16. The first-order valence-electron chi connectivity index (χ1n) is 4.55. The molecule has 1 aromatic carbocycles. The summed E-state index contributed by atoms with van der Waals surface area (Å²) < 4.78 is 0. The van der Waals surface area contributed by atoms with Crippen LogP contribution in [0.15, 0.2) is 36.5 Å². The number of nitrogens with one attached hydrogen (secondary N) is 1. The van der Waals surface area contributed by atoms with E-state index in [4.69, 9.17) is 11.6 Å². The van der Waals surface area contributed by atoms with E-state index in [0.29, 0.717) is 5.88 Å². The number of benzene rings is 1. The third-order valence-corrected chi connectivity index (χ3v) is 2.23. The molecule has 2 nitrogen and oxygen atoms in total. The lowest BCUT2D eigenvalue weighted by Crippen LogP contribution is -1.88. The van der Waals surface area contributed by atoms with E-state index in [1.807, 2.05) is 24.4 Å². The van der Waals surface area contributed by atoms with E-state index < -0.39 is 0 Å². The van der Waals surface area contributed by atoms with Gasteiger partial charge in [0.25, 0.3) is 0 Å². The van der Waals surface area contributed by atoms with Gasteiger partial charge in [-0.2, -0.15) is 0 Å². The molecule has 0 bridgehead atoms. The first-order chi connectivity index (χ1) is 6.90. The molecule has 0 aliphatic heterocycles. The highest BCUT2D eigenvalue weighted by atomic mass is 35.5. The number of hydrogen-bond donors (Lipinski definition) is 1. The number of halogens is 1. The fourth-order valence-corrected chi connectivity index (χ4v) is 1.52. The Morgan fingerprint density at radius 3 is 2.71 bits per heavy atom. The first kappa shape index (κ1) is 9.28. The zero-order valence-corrected chi connectivity index (χ0v) is 8.46. The SMILES string of the molecule is ClCCc1ncc(-c2ccccc2)[nH]1. The number of aryl methyl sites for hydroxylation is 1. The summed E-state index contributed by atoms with van der Waals surface area (Å²) in [6.45, 7) is 0. The largest absolute Gasteiger partial charge is 0.342 e. The standard InChI is InChI=1S/C11H11ClN2/c12-7-6-11-13-8-10(14-11)9-4-2-1-3-5-9/h1-5,8H,6-7H2,(H,13,14). The lowest BCUT2D eigenvalue weighted by molar-refractivity contribution is 0.997. The summed E-state index contributed by atoms with van der Waals surface area (Å²) in [6, 6.07) is 10.1. The van der Waals surface area contributed by atoms with Crippen molar-refractivity contribution in [2.45, 2.75) is 6.42 Å². The van der Waals surface area contributed by atoms with Gasteiger partial charge in [0.05, 0.1) is 11.9 Å². The van der Waals surface area contributed by atoms with E-state index in [1.54, 1.807) is 0 Å². The van der Waals surface area contributed by atoms with Crippen molar-refractivity contribution in [1.29, 1.82) is 0 Å². The number of rotatable bonds is 3. The van der Waals surface area contributed by atoms with E-state index in [-0.39, 0.29) is 0 Å². The van der Waals surface area contributed by atoms with Crippen LogP contribution in [0, 0.1) is 0 Å². The number of nitrogens with zero attached hydrogens (tertiary/aromatic N) is 1. The average Bonchev–Trinajstić information content (AvgIpc) is 2.68. The van der Waals surface area contributed by atoms with Crippen LogP contribution in [-0.2, 0) is 6.42 Å². The Morgan fingerprint density at radius 1 is 1.21 bits per heavy atom. The molecule has 2 aromatic rings. The lowest BCUT2D eigenvalue weighted by Gasteiger charge is -1.95. The predicted octanol–water partition coefficient (Wildman–Crippen LogP) is 2.86. The van der Waals surface area contributed by atoms with Crippen molar-refractivity contribution in [3.8, 4) is 11.3 Å². The maximum absolute atomic E-state index is 5.63. The summed E-state index contributed by atoms with van der Waals surface area (Å²) >= 11 is 5.63. The molecule has 1 aromatic heterocycles. The zero-order valence-electron chi connectivity index (χ0n) is 7.70. The van der Waals surface area contributed by atoms with Gasteiger partial charge in [-0.15, -0.1) is 11.6 Å². The normalized spacial score (nSPS) is 10.4. The van der Waals surface area contributed by atoms with E-state index in [2.05, 4.69) is 22.1 Å². The Morgan fingerprint density at radius 2 is 2.00 bits per heavy atom. The topological polar surface area (TPSA) is 28.7 Å². The minimum atomic E-state index is 0.599. The smallest absolute Gasteiger partial charge is 0.107 e. The molecule has 0 saturated heterocycles. The zero-order chi connectivity index (χ0) is 9.80. The monoisotopic (exact) mass is 206 g/mol. The predicted molar refractivity (Wildman–Crippen MR) is 58.4 cm³/mol. The van der Waals surface area contributed by atoms with Crippen molar-refractivity contribution >= 4 is 11.6 Å². The molecule has 0 aliphatic rings. The second-order valence-corrected chi connectivity index (χ2v) is 3.43. The number of imidazole rings is 1. The number of aromatic nitrogens is 2. The van der Waals surface area contributed by atoms with Crippen molar-refractivity contribution in [1.82, 2.24) is 9.97 Å². The van der Waals surface area contributed by atoms with E-state index in [0.717, 1.165) is 23.5 Å². The van der Waals surface area contributed by atoms with Crippen LogP contribution in [0.5, 0.6) is 0 Å². The van der Waals surface area contributed by atoms with Crippen molar-refractivity contribution in [3.63, 3.8) is 0 Å². The van der Waals surface area contributed by atoms with Gasteiger partial charge in [-0.25, -0.2) is 4.98 Å². The van der Waals surface area contributed by atoms with Crippen LogP contribution in [0.1, 0.15) is 5.82 Å². The molecule has 1 N–H and O–H groups in total. The second-order valence-electron chi connectivity index (χ2n) is 3.05. The summed E-state index contributed by atoms with van der Waals surface area (Å²) in [5.41, 5.74) is 2.20. The fraction of sp³-hybridized carbons (Fsp3) is 0.182. The van der Waals surface area contributed by atoms with Crippen LogP contribution in [0.4, 0.5) is 0 Å². The Balaban J connectivity index is 2.25. The summed E-state index contributed by atoms with van der Waals surface area (Å²) in [7, 11) is 0. The van der Waals surface area contributed by atoms with Gasteiger partial charge in [-0.05, 0) is 5.56 Å². The van der Waals surface area contributed by atoms with Gasteiger partial charge in [-0.3, -0.25) is 0 Å². The van der Waals surface area contributed by atoms with Crippen molar-refractivity contribution in [2.75, 3.05) is 5.88 Å². The Labute approximate surface area is 88.0 Å². The molecule has 72 valence electrons. The summed E-state index contributed by atoms with van der Waals surface area (Å²) in [5.74, 6) is 1.54. The van der Waals surface area contributed by atoms with Crippen molar-refractivity contribution in [3.05, 3.63) is 42.4 Å². The third-order valence-electron chi connectivity index (χ3n) is 2.04. The van der Waals surface area contributed by atoms with Crippen LogP contribution in [-0.4, -0.2) is 15.8 Å². The van der Waals surface area contributed by atoms with Crippen LogP contribution in [0.2, 0.25) is 0 Å². The molecular formula is C11H11ClN2. The minimum Gasteiger partial charge on any atom is -0.342 e. The van der Waals surface area contributed by atoms with Gasteiger partial charge < -0.3 is 4.98 Å². The average molecular weight is 207 g/mol. The molecule has 0 fully saturated rings.